The molecule has 0 aliphatic carbocycles. The minimum atomic E-state index is -0.210. The number of hydrazone groups is 1. The first-order valence-electron chi connectivity index (χ1n) is 4.50. The van der Waals surface area contributed by atoms with Crippen molar-refractivity contribution < 1.29 is 14.3 Å². The fourth-order valence-corrected chi connectivity index (χ4v) is 1.23. The molecule has 0 saturated carbocycles. The third-order valence-electron chi connectivity index (χ3n) is 2.14. The van der Waals surface area contributed by atoms with Gasteiger partial charge < -0.3 is 10.1 Å². The van der Waals surface area contributed by atoms with Crippen LogP contribution in [-0.2, 0) is 14.3 Å². The topological polar surface area (TPSA) is 79.8 Å². The van der Waals surface area contributed by atoms with Crippen molar-refractivity contribution in [3.8, 4) is 0 Å². The van der Waals surface area contributed by atoms with E-state index in [1.54, 1.807) is 0 Å². The summed E-state index contributed by atoms with van der Waals surface area (Å²) in [5, 5.41) is 6.44. The van der Waals surface area contributed by atoms with E-state index in [-0.39, 0.29) is 17.9 Å². The zero-order chi connectivity index (χ0) is 9.97. The summed E-state index contributed by atoms with van der Waals surface area (Å²) in [5.74, 6) is -0.355. The fraction of sp³-hybridized carbons (Fsp3) is 0.625. The summed E-state index contributed by atoms with van der Waals surface area (Å²) >= 11 is 0. The van der Waals surface area contributed by atoms with Crippen molar-refractivity contribution >= 4 is 17.5 Å². The van der Waals surface area contributed by atoms with Crippen LogP contribution >= 0.6 is 0 Å². The second-order valence-corrected chi connectivity index (χ2v) is 3.30. The van der Waals surface area contributed by atoms with Crippen LogP contribution in [0.15, 0.2) is 5.10 Å². The number of rotatable bonds is 2. The van der Waals surface area contributed by atoms with Crippen molar-refractivity contribution in [2.45, 2.75) is 18.9 Å². The van der Waals surface area contributed by atoms with Gasteiger partial charge in [0.15, 0.2) is 0 Å². The molecular weight excluding hydrogens is 186 g/mol. The Hall–Kier alpha value is -1.43. The molecule has 14 heavy (non-hydrogen) atoms. The predicted octanol–water partition coefficient (Wildman–Crippen LogP) is -1.23. The smallest absolute Gasteiger partial charge is 0.267 e. The molecule has 2 aliphatic heterocycles. The average Bonchev–Trinajstić information content (AvgIpc) is 2.12. The van der Waals surface area contributed by atoms with E-state index in [0.29, 0.717) is 31.8 Å². The number of hydrogen-bond acceptors (Lipinski definition) is 4. The summed E-state index contributed by atoms with van der Waals surface area (Å²) < 4.78 is 4.92. The number of hydrogen-bond donors (Lipinski definition) is 2. The van der Waals surface area contributed by atoms with Crippen LogP contribution in [0.2, 0.25) is 0 Å². The van der Waals surface area contributed by atoms with Crippen LogP contribution in [0.1, 0.15) is 12.8 Å². The highest BCUT2D eigenvalue weighted by Crippen LogP contribution is 2.03. The molecule has 2 N–H and O–H groups in total. The van der Waals surface area contributed by atoms with Gasteiger partial charge in [-0.25, -0.2) is 5.43 Å². The van der Waals surface area contributed by atoms with Crippen molar-refractivity contribution in [1.29, 1.82) is 0 Å². The van der Waals surface area contributed by atoms with Gasteiger partial charge in [-0.05, 0) is 0 Å². The summed E-state index contributed by atoms with van der Waals surface area (Å²) in [5.41, 5.74) is 2.66. The lowest BCUT2D eigenvalue weighted by Gasteiger charge is -2.27. The highest BCUT2D eigenvalue weighted by molar-refractivity contribution is 6.39. The Morgan fingerprint density at radius 1 is 1.50 bits per heavy atom. The molecule has 76 valence electrons. The number of ether oxygens (including phenoxy) is 1. The fourth-order valence-electron chi connectivity index (χ4n) is 1.23. The van der Waals surface area contributed by atoms with Gasteiger partial charge in [0.05, 0.1) is 19.3 Å². The monoisotopic (exact) mass is 197 g/mol. The SMILES string of the molecule is O=C1CCC(C(=O)NC2COC2)=NN1. The average molecular weight is 197 g/mol. The van der Waals surface area contributed by atoms with Gasteiger partial charge >= 0.3 is 0 Å². The van der Waals surface area contributed by atoms with Gasteiger partial charge in [-0.1, -0.05) is 0 Å². The number of nitrogens with zero attached hydrogens (tertiary/aromatic N) is 1. The number of amides is 2. The van der Waals surface area contributed by atoms with E-state index in [9.17, 15) is 9.59 Å². The molecular formula is C8H11N3O3. The Kier molecular flexibility index (Phi) is 2.45. The van der Waals surface area contributed by atoms with Crippen molar-refractivity contribution in [3.63, 3.8) is 0 Å². The Morgan fingerprint density at radius 3 is 2.79 bits per heavy atom. The molecule has 2 rings (SSSR count). The van der Waals surface area contributed by atoms with E-state index in [1.807, 2.05) is 0 Å². The van der Waals surface area contributed by atoms with Crippen molar-refractivity contribution in [2.75, 3.05) is 13.2 Å². The highest BCUT2D eigenvalue weighted by Gasteiger charge is 2.24. The van der Waals surface area contributed by atoms with Crippen molar-refractivity contribution in [3.05, 3.63) is 0 Å². The molecule has 6 heteroatoms. The molecule has 2 heterocycles. The van der Waals surface area contributed by atoms with Gasteiger partial charge in [-0.15, -0.1) is 0 Å². The maximum absolute atomic E-state index is 11.5. The Balaban J connectivity index is 1.87. The van der Waals surface area contributed by atoms with E-state index in [2.05, 4.69) is 15.8 Å². The van der Waals surface area contributed by atoms with Gasteiger partial charge in [0.1, 0.15) is 5.71 Å². The summed E-state index contributed by atoms with van der Waals surface area (Å²) in [6, 6.07) is 0.0998. The summed E-state index contributed by atoms with van der Waals surface area (Å²) in [4.78, 5) is 22.2. The lowest BCUT2D eigenvalue weighted by molar-refractivity contribution is -0.121. The molecule has 0 aromatic heterocycles. The van der Waals surface area contributed by atoms with Gasteiger partial charge in [0.25, 0.3) is 5.91 Å². The standard InChI is InChI=1S/C8H11N3O3/c12-7-2-1-6(10-11-7)8(13)9-5-3-14-4-5/h5H,1-4H2,(H,9,13)(H,11,12). The normalized spacial score (nSPS) is 22.0. The molecule has 0 spiro atoms. The minimum absolute atomic E-state index is 0.0998. The Labute approximate surface area is 80.7 Å². The predicted molar refractivity (Wildman–Crippen MR) is 47.6 cm³/mol. The molecule has 0 radical (unpaired) electrons. The van der Waals surface area contributed by atoms with Crippen LogP contribution in [0, 0.1) is 0 Å². The lowest BCUT2D eigenvalue weighted by atomic mass is 10.1. The highest BCUT2D eigenvalue weighted by atomic mass is 16.5. The molecule has 0 bridgehead atoms. The van der Waals surface area contributed by atoms with E-state index in [4.69, 9.17) is 4.74 Å². The second-order valence-electron chi connectivity index (χ2n) is 3.30. The molecule has 1 fully saturated rings. The first-order valence-corrected chi connectivity index (χ1v) is 4.50. The summed E-state index contributed by atoms with van der Waals surface area (Å²) in [7, 11) is 0. The van der Waals surface area contributed by atoms with E-state index in [1.165, 1.54) is 0 Å². The first kappa shape index (κ1) is 9.14. The van der Waals surface area contributed by atoms with Crippen LogP contribution in [0.5, 0.6) is 0 Å². The summed E-state index contributed by atoms with van der Waals surface area (Å²) in [6.45, 7) is 1.12. The molecule has 0 atom stereocenters. The van der Waals surface area contributed by atoms with E-state index >= 15 is 0 Å². The van der Waals surface area contributed by atoms with Crippen LogP contribution < -0.4 is 10.7 Å². The van der Waals surface area contributed by atoms with Crippen LogP contribution in [0.4, 0.5) is 0 Å². The van der Waals surface area contributed by atoms with Crippen molar-refractivity contribution in [1.82, 2.24) is 10.7 Å². The molecule has 2 aliphatic rings. The third kappa shape index (κ3) is 1.90. The molecule has 6 nitrogen and oxygen atoms in total. The molecule has 0 aromatic carbocycles. The summed E-state index contributed by atoms with van der Waals surface area (Å²) in [6.07, 6.45) is 0.735. The number of carbonyl (C=O) groups excluding carboxylic acids is 2. The largest absolute Gasteiger partial charge is 0.377 e. The zero-order valence-corrected chi connectivity index (χ0v) is 7.58. The maximum atomic E-state index is 11.5. The van der Waals surface area contributed by atoms with Gasteiger partial charge in [0, 0.05) is 12.8 Å². The van der Waals surface area contributed by atoms with Gasteiger partial charge in [-0.3, -0.25) is 9.59 Å². The zero-order valence-electron chi connectivity index (χ0n) is 7.58. The number of carbonyl (C=O) groups is 2. The third-order valence-corrected chi connectivity index (χ3v) is 2.14. The van der Waals surface area contributed by atoms with Crippen LogP contribution in [-0.4, -0.2) is 36.8 Å². The minimum Gasteiger partial charge on any atom is -0.377 e. The Morgan fingerprint density at radius 2 is 2.29 bits per heavy atom. The maximum Gasteiger partial charge on any atom is 0.267 e. The lowest BCUT2D eigenvalue weighted by Crippen LogP contribution is -2.51. The van der Waals surface area contributed by atoms with Gasteiger partial charge in [0.2, 0.25) is 5.91 Å². The van der Waals surface area contributed by atoms with E-state index < -0.39 is 0 Å². The quantitative estimate of drug-likeness (QED) is 0.581. The second kappa shape index (κ2) is 3.75. The number of nitrogens with one attached hydrogen (secondary N) is 2. The molecule has 1 saturated heterocycles. The molecule has 0 unspecified atom stereocenters. The van der Waals surface area contributed by atoms with E-state index in [0.717, 1.165) is 0 Å². The molecule has 0 aromatic rings. The Bertz CT molecular complexity index is 296. The van der Waals surface area contributed by atoms with Crippen molar-refractivity contribution in [2.24, 2.45) is 5.10 Å². The van der Waals surface area contributed by atoms with Gasteiger partial charge in [-0.2, -0.15) is 5.10 Å². The van der Waals surface area contributed by atoms with Crippen LogP contribution in [0.25, 0.3) is 0 Å². The first-order chi connectivity index (χ1) is 6.75. The van der Waals surface area contributed by atoms with Crippen LogP contribution in [0.3, 0.4) is 0 Å². The molecule has 2 amide bonds.